The van der Waals surface area contributed by atoms with Crippen molar-refractivity contribution in [2.24, 2.45) is 0 Å². The summed E-state index contributed by atoms with van der Waals surface area (Å²) < 4.78 is 0. The van der Waals surface area contributed by atoms with Gasteiger partial charge >= 0.3 is 5.97 Å². The lowest BCUT2D eigenvalue weighted by atomic mass is 9.87. The van der Waals surface area contributed by atoms with E-state index in [2.05, 4.69) is 4.98 Å². The molecule has 0 saturated carbocycles. The van der Waals surface area contributed by atoms with Crippen LogP contribution in [0.2, 0.25) is 10.0 Å². The van der Waals surface area contributed by atoms with Crippen molar-refractivity contribution in [1.29, 1.82) is 0 Å². The Bertz CT molecular complexity index is 648. The average Bonchev–Trinajstić information content (AvgIpc) is 2.72. The van der Waals surface area contributed by atoms with Crippen LogP contribution in [-0.4, -0.2) is 16.1 Å². The standard InChI is InChI=1S/C13H11Cl2NO2/c14-8-4-5-9-10(11(8)15)6-2-1-3-7(13(17)18)12(6)16-9/h4-5,7,16H,1-3H2,(H,17,18). The van der Waals surface area contributed by atoms with E-state index in [9.17, 15) is 9.90 Å². The minimum absolute atomic E-state index is 0.462. The molecular formula is C13H11Cl2NO2. The largest absolute Gasteiger partial charge is 0.481 e. The quantitative estimate of drug-likeness (QED) is 0.832. The molecule has 1 aliphatic carbocycles. The lowest BCUT2D eigenvalue weighted by molar-refractivity contribution is -0.139. The number of halogens is 2. The second-order valence-corrected chi connectivity index (χ2v) is 5.37. The van der Waals surface area contributed by atoms with Crippen LogP contribution in [0.1, 0.15) is 30.0 Å². The number of hydrogen-bond acceptors (Lipinski definition) is 1. The molecule has 0 fully saturated rings. The van der Waals surface area contributed by atoms with E-state index < -0.39 is 11.9 Å². The van der Waals surface area contributed by atoms with Crippen LogP contribution in [0.5, 0.6) is 0 Å². The normalized spacial score (nSPS) is 18.9. The van der Waals surface area contributed by atoms with Crippen molar-refractivity contribution in [3.05, 3.63) is 33.4 Å². The highest BCUT2D eigenvalue weighted by molar-refractivity contribution is 6.45. The summed E-state index contributed by atoms with van der Waals surface area (Å²) in [7, 11) is 0. The molecule has 3 rings (SSSR count). The summed E-state index contributed by atoms with van der Waals surface area (Å²) in [6.45, 7) is 0. The zero-order valence-electron chi connectivity index (χ0n) is 9.46. The number of aromatic amines is 1. The highest BCUT2D eigenvalue weighted by atomic mass is 35.5. The van der Waals surface area contributed by atoms with E-state index in [1.54, 1.807) is 6.07 Å². The first-order valence-electron chi connectivity index (χ1n) is 5.81. The second kappa shape index (κ2) is 4.18. The van der Waals surface area contributed by atoms with Crippen LogP contribution in [0.25, 0.3) is 10.9 Å². The molecule has 5 heteroatoms. The van der Waals surface area contributed by atoms with Crippen molar-refractivity contribution in [2.75, 3.05) is 0 Å². The molecule has 1 unspecified atom stereocenters. The van der Waals surface area contributed by atoms with E-state index in [1.165, 1.54) is 0 Å². The van der Waals surface area contributed by atoms with Gasteiger partial charge in [0.1, 0.15) is 0 Å². The summed E-state index contributed by atoms with van der Waals surface area (Å²) in [4.78, 5) is 14.5. The van der Waals surface area contributed by atoms with Gasteiger partial charge in [0.15, 0.2) is 0 Å². The summed E-state index contributed by atoms with van der Waals surface area (Å²) in [5, 5.41) is 11.1. The van der Waals surface area contributed by atoms with E-state index >= 15 is 0 Å². The topological polar surface area (TPSA) is 53.1 Å². The van der Waals surface area contributed by atoms with Gasteiger partial charge in [-0.15, -0.1) is 0 Å². The summed E-state index contributed by atoms with van der Waals surface area (Å²) in [5.74, 6) is -1.25. The van der Waals surface area contributed by atoms with Gasteiger partial charge < -0.3 is 10.1 Å². The number of hydrogen-bond donors (Lipinski definition) is 2. The van der Waals surface area contributed by atoms with Gasteiger partial charge in [-0.2, -0.15) is 0 Å². The smallest absolute Gasteiger partial charge is 0.312 e. The Balaban J connectivity index is 2.31. The Labute approximate surface area is 114 Å². The number of benzene rings is 1. The van der Waals surface area contributed by atoms with E-state index in [0.29, 0.717) is 16.5 Å². The first kappa shape index (κ1) is 11.9. The third-order valence-corrected chi connectivity index (χ3v) is 4.36. The number of fused-ring (bicyclic) bond motifs is 3. The molecule has 0 saturated heterocycles. The van der Waals surface area contributed by atoms with E-state index in [-0.39, 0.29) is 0 Å². The molecule has 3 nitrogen and oxygen atoms in total. The zero-order chi connectivity index (χ0) is 12.9. The molecule has 1 aromatic carbocycles. The molecule has 94 valence electrons. The number of H-pyrrole nitrogens is 1. The summed E-state index contributed by atoms with van der Waals surface area (Å²) in [6, 6.07) is 3.57. The van der Waals surface area contributed by atoms with Gasteiger partial charge in [-0.25, -0.2) is 0 Å². The van der Waals surface area contributed by atoms with E-state index in [0.717, 1.165) is 35.0 Å². The van der Waals surface area contributed by atoms with Crippen LogP contribution in [0, 0.1) is 0 Å². The number of carboxylic acid groups (broad SMARTS) is 1. The minimum Gasteiger partial charge on any atom is -0.481 e. The van der Waals surface area contributed by atoms with Crippen LogP contribution >= 0.6 is 23.2 Å². The number of rotatable bonds is 1. The molecule has 1 heterocycles. The van der Waals surface area contributed by atoms with Crippen molar-refractivity contribution in [3.8, 4) is 0 Å². The zero-order valence-corrected chi connectivity index (χ0v) is 11.0. The van der Waals surface area contributed by atoms with Crippen molar-refractivity contribution in [1.82, 2.24) is 4.98 Å². The van der Waals surface area contributed by atoms with Gasteiger partial charge in [-0.05, 0) is 37.0 Å². The number of carbonyl (C=O) groups is 1. The van der Waals surface area contributed by atoms with Crippen LogP contribution in [0.3, 0.4) is 0 Å². The Morgan fingerprint density at radius 2 is 2.17 bits per heavy atom. The Morgan fingerprint density at radius 3 is 2.89 bits per heavy atom. The van der Waals surface area contributed by atoms with Gasteiger partial charge in [0.25, 0.3) is 0 Å². The van der Waals surface area contributed by atoms with Gasteiger partial charge in [0.2, 0.25) is 0 Å². The van der Waals surface area contributed by atoms with Gasteiger partial charge in [0.05, 0.1) is 16.0 Å². The van der Waals surface area contributed by atoms with Gasteiger partial charge in [-0.1, -0.05) is 23.2 Å². The highest BCUT2D eigenvalue weighted by Crippen LogP contribution is 2.41. The van der Waals surface area contributed by atoms with E-state index in [1.807, 2.05) is 6.07 Å². The molecule has 18 heavy (non-hydrogen) atoms. The average molecular weight is 284 g/mol. The molecule has 0 radical (unpaired) electrons. The van der Waals surface area contributed by atoms with Crippen molar-refractivity contribution in [2.45, 2.75) is 25.2 Å². The predicted molar refractivity (Wildman–Crippen MR) is 71.6 cm³/mol. The monoisotopic (exact) mass is 283 g/mol. The molecule has 1 aromatic heterocycles. The summed E-state index contributed by atoms with van der Waals surface area (Å²) in [6.07, 6.45) is 2.37. The van der Waals surface area contributed by atoms with Crippen LogP contribution in [0.15, 0.2) is 12.1 Å². The lowest BCUT2D eigenvalue weighted by Gasteiger charge is -2.18. The molecule has 0 aliphatic heterocycles. The number of aliphatic carboxylic acids is 1. The first-order chi connectivity index (χ1) is 8.59. The number of aryl methyl sites for hydroxylation is 1. The summed E-state index contributed by atoms with van der Waals surface area (Å²) >= 11 is 12.3. The Kier molecular flexibility index (Phi) is 2.76. The van der Waals surface area contributed by atoms with Crippen molar-refractivity contribution in [3.63, 3.8) is 0 Å². The fourth-order valence-electron chi connectivity index (χ4n) is 2.74. The second-order valence-electron chi connectivity index (χ2n) is 4.58. The maximum atomic E-state index is 11.3. The third-order valence-electron chi connectivity index (χ3n) is 3.56. The van der Waals surface area contributed by atoms with Crippen LogP contribution in [-0.2, 0) is 11.2 Å². The maximum absolute atomic E-state index is 11.3. The molecular weight excluding hydrogens is 273 g/mol. The molecule has 1 aliphatic rings. The molecule has 2 aromatic rings. The molecule has 0 amide bonds. The third kappa shape index (κ3) is 1.62. The van der Waals surface area contributed by atoms with Gasteiger partial charge in [-0.3, -0.25) is 4.79 Å². The predicted octanol–water partition coefficient (Wildman–Crippen LogP) is 3.98. The van der Waals surface area contributed by atoms with Crippen LogP contribution < -0.4 is 0 Å². The summed E-state index contributed by atoms with van der Waals surface area (Å²) in [5.41, 5.74) is 2.66. The fraction of sp³-hybridized carbons (Fsp3) is 0.308. The number of nitrogens with one attached hydrogen (secondary N) is 1. The number of aromatic nitrogens is 1. The highest BCUT2D eigenvalue weighted by Gasteiger charge is 2.30. The molecule has 0 bridgehead atoms. The SMILES string of the molecule is O=C(O)C1CCCc2c1[nH]c1ccc(Cl)c(Cl)c21. The minimum atomic E-state index is -0.787. The maximum Gasteiger partial charge on any atom is 0.312 e. The van der Waals surface area contributed by atoms with Crippen LogP contribution in [0.4, 0.5) is 0 Å². The Hall–Kier alpha value is -1.19. The fourth-order valence-corrected chi connectivity index (χ4v) is 3.17. The van der Waals surface area contributed by atoms with E-state index in [4.69, 9.17) is 23.2 Å². The number of carboxylic acids is 1. The van der Waals surface area contributed by atoms with Crippen molar-refractivity contribution >= 4 is 40.1 Å². The first-order valence-corrected chi connectivity index (χ1v) is 6.56. The van der Waals surface area contributed by atoms with Crippen molar-refractivity contribution < 1.29 is 9.90 Å². The van der Waals surface area contributed by atoms with Gasteiger partial charge in [0, 0.05) is 16.6 Å². The Morgan fingerprint density at radius 1 is 1.39 bits per heavy atom. The lowest BCUT2D eigenvalue weighted by Crippen LogP contribution is -2.17. The molecule has 0 spiro atoms. The molecule has 1 atom stereocenters. The molecule has 2 N–H and O–H groups in total.